The van der Waals surface area contributed by atoms with Gasteiger partial charge < -0.3 is 14.9 Å². The predicted octanol–water partition coefficient (Wildman–Crippen LogP) is 4.37. The maximum Gasteiger partial charge on any atom is 0.303 e. The SMILES string of the molecule is CN(c1cccc(/C=C/[C@H](O)CCOc2ccccc2CCC(=O)O)c1)S(=O)(=O)c1ccccc1. The number of aryl methyl sites for hydroxylation is 1. The predicted molar refractivity (Wildman–Crippen MR) is 136 cm³/mol. The van der Waals surface area contributed by atoms with Gasteiger partial charge in [0, 0.05) is 19.9 Å². The van der Waals surface area contributed by atoms with Crippen molar-refractivity contribution in [3.63, 3.8) is 0 Å². The first-order valence-electron chi connectivity index (χ1n) is 11.2. The van der Waals surface area contributed by atoms with Crippen LogP contribution < -0.4 is 9.04 Å². The molecular weight excluding hydrogens is 466 g/mol. The minimum Gasteiger partial charge on any atom is -0.493 e. The van der Waals surface area contributed by atoms with Gasteiger partial charge in [0.1, 0.15) is 5.75 Å². The van der Waals surface area contributed by atoms with Crippen molar-refractivity contribution >= 4 is 27.8 Å². The number of para-hydroxylation sites is 1. The van der Waals surface area contributed by atoms with Crippen molar-refractivity contribution in [3.05, 3.63) is 96.1 Å². The Morgan fingerprint density at radius 2 is 1.74 bits per heavy atom. The van der Waals surface area contributed by atoms with Crippen molar-refractivity contribution in [1.82, 2.24) is 0 Å². The highest BCUT2D eigenvalue weighted by Gasteiger charge is 2.20. The van der Waals surface area contributed by atoms with Crippen molar-refractivity contribution in [2.75, 3.05) is 18.0 Å². The van der Waals surface area contributed by atoms with Gasteiger partial charge in [0.2, 0.25) is 0 Å². The zero-order valence-electron chi connectivity index (χ0n) is 19.4. The number of sulfonamides is 1. The summed E-state index contributed by atoms with van der Waals surface area (Å²) in [5.41, 5.74) is 2.06. The van der Waals surface area contributed by atoms with Crippen molar-refractivity contribution in [2.45, 2.75) is 30.3 Å². The van der Waals surface area contributed by atoms with E-state index in [0.717, 1.165) is 11.1 Å². The van der Waals surface area contributed by atoms with E-state index >= 15 is 0 Å². The van der Waals surface area contributed by atoms with Gasteiger partial charge >= 0.3 is 5.97 Å². The molecule has 3 aromatic rings. The average Bonchev–Trinajstić information content (AvgIpc) is 2.87. The van der Waals surface area contributed by atoms with E-state index in [2.05, 4.69) is 0 Å². The highest BCUT2D eigenvalue weighted by atomic mass is 32.2. The number of aliphatic hydroxyl groups excluding tert-OH is 1. The molecule has 0 saturated heterocycles. The van der Waals surface area contributed by atoms with Crippen LogP contribution in [-0.2, 0) is 21.2 Å². The second-order valence-electron chi connectivity index (χ2n) is 7.95. The molecule has 8 heteroatoms. The highest BCUT2D eigenvalue weighted by molar-refractivity contribution is 7.92. The van der Waals surface area contributed by atoms with Gasteiger partial charge in [-0.25, -0.2) is 8.42 Å². The third kappa shape index (κ3) is 7.43. The molecule has 184 valence electrons. The van der Waals surface area contributed by atoms with Crippen LogP contribution in [0.15, 0.2) is 89.8 Å². The largest absolute Gasteiger partial charge is 0.493 e. The molecule has 3 rings (SSSR count). The van der Waals surface area contributed by atoms with Crippen LogP contribution in [0.5, 0.6) is 5.75 Å². The van der Waals surface area contributed by atoms with Gasteiger partial charge in [0.05, 0.1) is 23.3 Å². The highest BCUT2D eigenvalue weighted by Crippen LogP contribution is 2.24. The number of aliphatic carboxylic acids is 1. The van der Waals surface area contributed by atoms with E-state index in [9.17, 15) is 18.3 Å². The van der Waals surface area contributed by atoms with Crippen molar-refractivity contribution in [3.8, 4) is 5.75 Å². The number of hydrogen-bond donors (Lipinski definition) is 2. The molecule has 0 fully saturated rings. The van der Waals surface area contributed by atoms with Crippen molar-refractivity contribution in [2.24, 2.45) is 0 Å². The molecule has 3 aromatic carbocycles. The maximum absolute atomic E-state index is 12.9. The Labute approximate surface area is 206 Å². The summed E-state index contributed by atoms with van der Waals surface area (Å²) in [4.78, 5) is 11.0. The Balaban J connectivity index is 1.58. The van der Waals surface area contributed by atoms with E-state index in [0.29, 0.717) is 24.3 Å². The first-order valence-corrected chi connectivity index (χ1v) is 12.6. The number of carbonyl (C=O) groups is 1. The summed E-state index contributed by atoms with van der Waals surface area (Å²) in [5.74, 6) is -0.256. The first-order chi connectivity index (χ1) is 16.8. The maximum atomic E-state index is 12.9. The van der Waals surface area contributed by atoms with E-state index in [-0.39, 0.29) is 17.9 Å². The standard InChI is InChI=1S/C27H29NO6S/c1-28(35(32,33)25-11-3-2-4-12-25)23-10-7-8-21(20-23)14-16-24(29)18-19-34-26-13-6-5-9-22(26)15-17-27(30)31/h2-14,16,20,24,29H,15,17-19H2,1H3,(H,30,31)/b16-14+/t24-/m0/s1. The van der Waals surface area contributed by atoms with Gasteiger partial charge in [-0.1, -0.05) is 60.7 Å². The molecule has 0 heterocycles. The summed E-state index contributed by atoms with van der Waals surface area (Å²) in [6.45, 7) is 0.258. The molecule has 0 aliphatic heterocycles. The lowest BCUT2D eigenvalue weighted by Crippen LogP contribution is -2.26. The Morgan fingerprint density at radius 1 is 1.03 bits per heavy atom. The van der Waals surface area contributed by atoms with Gasteiger partial charge in [-0.3, -0.25) is 9.10 Å². The third-order valence-electron chi connectivity index (χ3n) is 5.40. The summed E-state index contributed by atoms with van der Waals surface area (Å²) in [6, 6.07) is 22.5. The van der Waals surface area contributed by atoms with Crippen LogP contribution in [0.2, 0.25) is 0 Å². The van der Waals surface area contributed by atoms with Crippen molar-refractivity contribution in [1.29, 1.82) is 0 Å². The van der Waals surface area contributed by atoms with Crippen LogP contribution in [-0.4, -0.2) is 44.4 Å². The molecule has 0 amide bonds. The third-order valence-corrected chi connectivity index (χ3v) is 7.20. The normalized spacial score (nSPS) is 12.4. The molecule has 0 aliphatic carbocycles. The molecule has 0 aliphatic rings. The lowest BCUT2D eigenvalue weighted by atomic mass is 10.1. The number of benzene rings is 3. The molecule has 2 N–H and O–H groups in total. The fraction of sp³-hybridized carbons (Fsp3) is 0.222. The van der Waals surface area contributed by atoms with E-state index in [1.54, 1.807) is 66.7 Å². The van der Waals surface area contributed by atoms with Crippen LogP contribution in [0.3, 0.4) is 0 Å². The number of nitrogens with zero attached hydrogens (tertiary/aromatic N) is 1. The smallest absolute Gasteiger partial charge is 0.303 e. The molecule has 0 unspecified atom stereocenters. The summed E-state index contributed by atoms with van der Waals surface area (Å²) >= 11 is 0. The topological polar surface area (TPSA) is 104 Å². The van der Waals surface area contributed by atoms with E-state index in [1.807, 2.05) is 24.3 Å². The summed E-state index contributed by atoms with van der Waals surface area (Å²) in [6.07, 6.45) is 3.33. The van der Waals surface area contributed by atoms with E-state index in [1.165, 1.54) is 11.4 Å². The second-order valence-corrected chi connectivity index (χ2v) is 9.91. The molecule has 0 spiro atoms. The quantitative estimate of drug-likeness (QED) is 0.387. The van der Waals surface area contributed by atoms with Crippen LogP contribution >= 0.6 is 0 Å². The number of ether oxygens (including phenoxy) is 1. The fourth-order valence-corrected chi connectivity index (χ4v) is 4.62. The average molecular weight is 496 g/mol. The van der Waals surface area contributed by atoms with Gasteiger partial charge in [-0.15, -0.1) is 0 Å². The number of carboxylic acids is 1. The summed E-state index contributed by atoms with van der Waals surface area (Å²) in [7, 11) is -2.17. The van der Waals surface area contributed by atoms with Gasteiger partial charge in [-0.2, -0.15) is 0 Å². The van der Waals surface area contributed by atoms with Gasteiger partial charge in [0.15, 0.2) is 0 Å². The lowest BCUT2D eigenvalue weighted by Gasteiger charge is -2.20. The monoisotopic (exact) mass is 495 g/mol. The lowest BCUT2D eigenvalue weighted by molar-refractivity contribution is -0.136. The van der Waals surface area contributed by atoms with E-state index < -0.39 is 22.1 Å². The minimum absolute atomic E-state index is 0.0205. The summed E-state index contributed by atoms with van der Waals surface area (Å²) in [5, 5.41) is 19.2. The first kappa shape index (κ1) is 26.0. The van der Waals surface area contributed by atoms with Gasteiger partial charge in [-0.05, 0) is 47.9 Å². The Hall–Kier alpha value is -3.62. The van der Waals surface area contributed by atoms with Crippen molar-refractivity contribution < 1.29 is 28.2 Å². The Bertz CT molecular complexity index is 1260. The molecule has 0 aromatic heterocycles. The Morgan fingerprint density at radius 3 is 2.49 bits per heavy atom. The minimum atomic E-state index is -3.68. The number of hydrogen-bond acceptors (Lipinski definition) is 5. The Kier molecular flexibility index (Phi) is 9.05. The van der Waals surface area contributed by atoms with Crippen LogP contribution in [0.1, 0.15) is 24.0 Å². The van der Waals surface area contributed by atoms with Crippen LogP contribution in [0.25, 0.3) is 6.08 Å². The van der Waals surface area contributed by atoms with Crippen LogP contribution in [0, 0.1) is 0 Å². The second kappa shape index (κ2) is 12.2. The molecule has 1 atom stereocenters. The fourth-order valence-electron chi connectivity index (χ4n) is 3.41. The van der Waals surface area contributed by atoms with E-state index in [4.69, 9.17) is 9.84 Å². The molecule has 0 saturated carbocycles. The molecular formula is C27H29NO6S. The molecule has 35 heavy (non-hydrogen) atoms. The molecule has 7 nitrogen and oxygen atoms in total. The van der Waals surface area contributed by atoms with Gasteiger partial charge in [0.25, 0.3) is 10.0 Å². The number of aliphatic hydroxyl groups is 1. The number of carboxylic acid groups (broad SMARTS) is 1. The number of anilines is 1. The molecule has 0 radical (unpaired) electrons. The zero-order chi connectivity index (χ0) is 25.3. The van der Waals surface area contributed by atoms with Crippen LogP contribution in [0.4, 0.5) is 5.69 Å². The molecule has 0 bridgehead atoms. The number of rotatable bonds is 12. The summed E-state index contributed by atoms with van der Waals surface area (Å²) < 4.78 is 32.7. The zero-order valence-corrected chi connectivity index (χ0v) is 20.3.